The van der Waals surface area contributed by atoms with Gasteiger partial charge in [-0.2, -0.15) is 0 Å². The topological polar surface area (TPSA) is 38.0 Å². The lowest BCUT2D eigenvalue weighted by molar-refractivity contribution is 0.442. The van der Waals surface area contributed by atoms with Gasteiger partial charge in [0.1, 0.15) is 0 Å². The SMILES string of the molecule is Cl.N[C@H](CCF)c1ccc(NCc2ccccc2)cc1. The zero-order valence-electron chi connectivity index (χ0n) is 11.3. The van der Waals surface area contributed by atoms with Crippen molar-refractivity contribution in [1.82, 2.24) is 0 Å². The van der Waals surface area contributed by atoms with Crippen LogP contribution in [0.1, 0.15) is 23.6 Å². The molecule has 0 fully saturated rings. The van der Waals surface area contributed by atoms with Crippen molar-refractivity contribution in [3.8, 4) is 0 Å². The Morgan fingerprint density at radius 2 is 1.65 bits per heavy atom. The van der Waals surface area contributed by atoms with E-state index in [1.807, 2.05) is 42.5 Å². The highest BCUT2D eigenvalue weighted by molar-refractivity contribution is 5.85. The number of anilines is 1. The maximum atomic E-state index is 12.2. The minimum absolute atomic E-state index is 0. The molecule has 0 spiro atoms. The summed E-state index contributed by atoms with van der Waals surface area (Å²) >= 11 is 0. The van der Waals surface area contributed by atoms with Crippen LogP contribution in [-0.4, -0.2) is 6.67 Å². The minimum Gasteiger partial charge on any atom is -0.381 e. The molecule has 2 aromatic carbocycles. The van der Waals surface area contributed by atoms with E-state index in [9.17, 15) is 4.39 Å². The molecule has 0 unspecified atom stereocenters. The predicted octanol–water partition coefficient (Wildman–Crippen LogP) is 4.08. The first kappa shape index (κ1) is 16.5. The molecule has 0 aliphatic heterocycles. The van der Waals surface area contributed by atoms with E-state index in [2.05, 4.69) is 17.4 Å². The molecule has 0 aliphatic rings. The van der Waals surface area contributed by atoms with Gasteiger partial charge in [-0.25, -0.2) is 0 Å². The molecule has 0 bridgehead atoms. The second kappa shape index (κ2) is 8.56. The van der Waals surface area contributed by atoms with Gasteiger partial charge >= 0.3 is 0 Å². The molecule has 0 aromatic heterocycles. The van der Waals surface area contributed by atoms with Crippen molar-refractivity contribution in [2.75, 3.05) is 12.0 Å². The second-order valence-electron chi connectivity index (χ2n) is 4.55. The van der Waals surface area contributed by atoms with E-state index in [-0.39, 0.29) is 25.1 Å². The quantitative estimate of drug-likeness (QED) is 0.842. The standard InChI is InChI=1S/C16H19FN2.ClH/c17-11-10-16(18)14-6-8-15(9-7-14)19-12-13-4-2-1-3-5-13;/h1-9,16,19H,10-12,18H2;1H/t16-;/m1./s1. The average Bonchev–Trinajstić information content (AvgIpc) is 2.47. The number of hydrogen-bond acceptors (Lipinski definition) is 2. The van der Waals surface area contributed by atoms with Crippen molar-refractivity contribution in [2.45, 2.75) is 19.0 Å². The van der Waals surface area contributed by atoms with Gasteiger partial charge in [0.25, 0.3) is 0 Å². The number of benzene rings is 2. The van der Waals surface area contributed by atoms with Gasteiger partial charge in [0.05, 0.1) is 6.67 Å². The van der Waals surface area contributed by atoms with Crippen molar-refractivity contribution in [1.29, 1.82) is 0 Å². The molecule has 2 nitrogen and oxygen atoms in total. The van der Waals surface area contributed by atoms with Gasteiger partial charge in [-0.05, 0) is 29.7 Å². The summed E-state index contributed by atoms with van der Waals surface area (Å²) in [6.45, 7) is 0.409. The smallest absolute Gasteiger partial charge is 0.0912 e. The fraction of sp³-hybridized carbons (Fsp3) is 0.250. The Hall–Kier alpha value is -1.58. The second-order valence-corrected chi connectivity index (χ2v) is 4.55. The van der Waals surface area contributed by atoms with Gasteiger partial charge < -0.3 is 11.1 Å². The number of halogens is 2. The van der Waals surface area contributed by atoms with Crippen LogP contribution in [0.15, 0.2) is 54.6 Å². The lowest BCUT2D eigenvalue weighted by Gasteiger charge is -2.11. The van der Waals surface area contributed by atoms with Gasteiger partial charge in [-0.15, -0.1) is 12.4 Å². The van der Waals surface area contributed by atoms with Crippen LogP contribution in [0, 0.1) is 0 Å². The molecule has 0 saturated heterocycles. The zero-order chi connectivity index (χ0) is 13.5. The first-order chi connectivity index (χ1) is 9.29. The third-order valence-corrected chi connectivity index (χ3v) is 3.10. The summed E-state index contributed by atoms with van der Waals surface area (Å²) in [4.78, 5) is 0. The molecule has 0 saturated carbocycles. The van der Waals surface area contributed by atoms with Crippen LogP contribution in [0.3, 0.4) is 0 Å². The van der Waals surface area contributed by atoms with Crippen LogP contribution >= 0.6 is 12.4 Å². The van der Waals surface area contributed by atoms with E-state index < -0.39 is 0 Å². The van der Waals surface area contributed by atoms with E-state index in [1.54, 1.807) is 0 Å². The first-order valence-electron chi connectivity index (χ1n) is 6.49. The monoisotopic (exact) mass is 294 g/mol. The van der Waals surface area contributed by atoms with E-state index in [0.717, 1.165) is 17.8 Å². The molecule has 1 atom stereocenters. The summed E-state index contributed by atoms with van der Waals surface area (Å²) in [6, 6.07) is 17.9. The minimum atomic E-state index is -0.380. The molecular formula is C16H20ClFN2. The van der Waals surface area contributed by atoms with Crippen LogP contribution in [0.5, 0.6) is 0 Å². The van der Waals surface area contributed by atoms with Gasteiger partial charge in [0.2, 0.25) is 0 Å². The molecule has 0 aliphatic carbocycles. The number of alkyl halides is 1. The third kappa shape index (κ3) is 4.83. The van der Waals surface area contributed by atoms with Gasteiger partial charge in [-0.3, -0.25) is 4.39 Å². The number of rotatable bonds is 6. The molecule has 0 amide bonds. The normalized spacial score (nSPS) is 11.5. The predicted molar refractivity (Wildman–Crippen MR) is 85.0 cm³/mol. The molecule has 20 heavy (non-hydrogen) atoms. The van der Waals surface area contributed by atoms with Gasteiger partial charge in [-0.1, -0.05) is 42.5 Å². The van der Waals surface area contributed by atoms with E-state index in [0.29, 0.717) is 6.42 Å². The Balaban J connectivity index is 0.00000200. The molecule has 4 heteroatoms. The van der Waals surface area contributed by atoms with Crippen LogP contribution in [-0.2, 0) is 6.54 Å². The molecular weight excluding hydrogens is 275 g/mol. The Morgan fingerprint density at radius 1 is 1.00 bits per heavy atom. The summed E-state index contributed by atoms with van der Waals surface area (Å²) in [7, 11) is 0. The van der Waals surface area contributed by atoms with Gasteiger partial charge in [0, 0.05) is 18.3 Å². The van der Waals surface area contributed by atoms with Crippen molar-refractivity contribution in [3.63, 3.8) is 0 Å². The van der Waals surface area contributed by atoms with E-state index >= 15 is 0 Å². The summed E-state index contributed by atoms with van der Waals surface area (Å²) in [6.07, 6.45) is 0.372. The highest BCUT2D eigenvalue weighted by Crippen LogP contribution is 2.17. The number of nitrogens with one attached hydrogen (secondary N) is 1. The van der Waals surface area contributed by atoms with Crippen LogP contribution in [0.25, 0.3) is 0 Å². The first-order valence-corrected chi connectivity index (χ1v) is 6.49. The fourth-order valence-corrected chi connectivity index (χ4v) is 1.93. The molecule has 0 radical (unpaired) electrons. The Morgan fingerprint density at radius 3 is 2.25 bits per heavy atom. The molecule has 2 rings (SSSR count). The molecule has 0 heterocycles. The summed E-state index contributed by atoms with van der Waals surface area (Å²) < 4.78 is 12.2. The zero-order valence-corrected chi connectivity index (χ0v) is 12.1. The van der Waals surface area contributed by atoms with E-state index in [1.165, 1.54) is 5.56 Å². The average molecular weight is 295 g/mol. The third-order valence-electron chi connectivity index (χ3n) is 3.10. The van der Waals surface area contributed by atoms with Crippen molar-refractivity contribution >= 4 is 18.1 Å². The van der Waals surface area contributed by atoms with Crippen LogP contribution in [0.2, 0.25) is 0 Å². The Labute approximate surface area is 125 Å². The maximum Gasteiger partial charge on any atom is 0.0912 e. The number of nitrogens with two attached hydrogens (primary N) is 1. The fourth-order valence-electron chi connectivity index (χ4n) is 1.93. The molecule has 2 aromatic rings. The highest BCUT2D eigenvalue weighted by Gasteiger charge is 2.05. The molecule has 3 N–H and O–H groups in total. The Bertz CT molecular complexity index is 488. The van der Waals surface area contributed by atoms with Crippen LogP contribution < -0.4 is 11.1 Å². The summed E-state index contributed by atoms with van der Waals surface area (Å²) in [5.41, 5.74) is 9.11. The van der Waals surface area contributed by atoms with Crippen molar-refractivity contribution in [2.24, 2.45) is 5.73 Å². The van der Waals surface area contributed by atoms with E-state index in [4.69, 9.17) is 5.73 Å². The van der Waals surface area contributed by atoms with Crippen molar-refractivity contribution in [3.05, 3.63) is 65.7 Å². The van der Waals surface area contributed by atoms with Crippen molar-refractivity contribution < 1.29 is 4.39 Å². The summed E-state index contributed by atoms with van der Waals surface area (Å²) in [5, 5.41) is 3.34. The number of hydrogen-bond donors (Lipinski definition) is 2. The van der Waals surface area contributed by atoms with Gasteiger partial charge in [0.15, 0.2) is 0 Å². The lowest BCUT2D eigenvalue weighted by atomic mass is 10.1. The summed E-state index contributed by atoms with van der Waals surface area (Å²) in [5.74, 6) is 0. The molecule has 108 valence electrons. The maximum absolute atomic E-state index is 12.2. The van der Waals surface area contributed by atoms with Crippen LogP contribution in [0.4, 0.5) is 10.1 Å². The lowest BCUT2D eigenvalue weighted by Crippen LogP contribution is -2.10. The highest BCUT2D eigenvalue weighted by atomic mass is 35.5. The largest absolute Gasteiger partial charge is 0.381 e. The Kier molecular flexibility index (Phi) is 7.05.